The summed E-state index contributed by atoms with van der Waals surface area (Å²) in [4.78, 5) is 0. The largest absolute Gasteiger partial charge is 0.310 e. The molecule has 88 valence electrons. The zero-order chi connectivity index (χ0) is 11.4. The van der Waals surface area contributed by atoms with Crippen molar-refractivity contribution in [3.05, 3.63) is 33.8 Å². The van der Waals surface area contributed by atoms with Crippen molar-refractivity contribution < 1.29 is 0 Å². The molecule has 0 aliphatic heterocycles. The first-order valence-electron chi connectivity index (χ1n) is 6.33. The number of rotatable bonds is 5. The van der Waals surface area contributed by atoms with E-state index in [0.717, 1.165) is 6.54 Å². The number of benzene rings is 1. The third-order valence-electron chi connectivity index (χ3n) is 3.35. The van der Waals surface area contributed by atoms with Crippen LogP contribution in [0.4, 0.5) is 0 Å². The summed E-state index contributed by atoms with van der Waals surface area (Å²) >= 11 is 3.54. The quantitative estimate of drug-likeness (QED) is 0.797. The predicted octanol–water partition coefficient (Wildman–Crippen LogP) is 4.22. The molecule has 1 aliphatic rings. The van der Waals surface area contributed by atoms with Crippen LogP contribution in [0.1, 0.15) is 49.8 Å². The van der Waals surface area contributed by atoms with Crippen LogP contribution in [0.25, 0.3) is 0 Å². The second-order valence-electron chi connectivity index (χ2n) is 4.60. The molecule has 1 unspecified atom stereocenters. The highest BCUT2D eigenvalue weighted by molar-refractivity contribution is 9.10. The summed E-state index contributed by atoms with van der Waals surface area (Å²) in [7, 11) is 0. The van der Waals surface area contributed by atoms with Crippen LogP contribution >= 0.6 is 15.9 Å². The monoisotopic (exact) mass is 281 g/mol. The van der Waals surface area contributed by atoms with Crippen LogP contribution < -0.4 is 5.32 Å². The maximum atomic E-state index is 3.68. The second kappa shape index (κ2) is 5.83. The SMILES string of the molecule is CCCCCNC1CCc2cc(Br)ccc21. The lowest BCUT2D eigenvalue weighted by atomic mass is 10.1. The molecule has 0 saturated carbocycles. The van der Waals surface area contributed by atoms with Gasteiger partial charge in [-0.3, -0.25) is 0 Å². The molecule has 0 amide bonds. The number of hydrogen-bond acceptors (Lipinski definition) is 1. The second-order valence-corrected chi connectivity index (χ2v) is 5.51. The van der Waals surface area contributed by atoms with Crippen LogP contribution in [0, 0.1) is 0 Å². The van der Waals surface area contributed by atoms with Gasteiger partial charge >= 0.3 is 0 Å². The van der Waals surface area contributed by atoms with Gasteiger partial charge in [-0.1, -0.05) is 41.8 Å². The molecule has 2 heteroatoms. The Bertz CT molecular complexity index is 349. The number of aryl methyl sites for hydroxylation is 1. The van der Waals surface area contributed by atoms with Crippen molar-refractivity contribution in [1.29, 1.82) is 0 Å². The predicted molar refractivity (Wildman–Crippen MR) is 72.7 cm³/mol. The third-order valence-corrected chi connectivity index (χ3v) is 3.85. The van der Waals surface area contributed by atoms with Gasteiger partial charge in [0, 0.05) is 10.5 Å². The molecule has 1 aromatic carbocycles. The minimum absolute atomic E-state index is 0.597. The van der Waals surface area contributed by atoms with Crippen molar-refractivity contribution in [2.24, 2.45) is 0 Å². The van der Waals surface area contributed by atoms with Crippen LogP contribution in [0.3, 0.4) is 0 Å². The Balaban J connectivity index is 1.91. The average Bonchev–Trinajstić information content (AvgIpc) is 2.67. The lowest BCUT2D eigenvalue weighted by Crippen LogP contribution is -2.20. The lowest BCUT2D eigenvalue weighted by Gasteiger charge is -2.13. The molecule has 1 aromatic rings. The maximum absolute atomic E-state index is 3.68. The smallest absolute Gasteiger partial charge is 0.0326 e. The Hall–Kier alpha value is -0.340. The van der Waals surface area contributed by atoms with Crippen LogP contribution in [0.15, 0.2) is 22.7 Å². The van der Waals surface area contributed by atoms with Gasteiger partial charge in [0.05, 0.1) is 0 Å². The van der Waals surface area contributed by atoms with E-state index in [0.29, 0.717) is 6.04 Å². The lowest BCUT2D eigenvalue weighted by molar-refractivity contribution is 0.511. The van der Waals surface area contributed by atoms with E-state index < -0.39 is 0 Å². The Morgan fingerprint density at radius 2 is 2.25 bits per heavy atom. The molecular weight excluding hydrogens is 262 g/mol. The molecule has 16 heavy (non-hydrogen) atoms. The van der Waals surface area contributed by atoms with Crippen LogP contribution in [-0.2, 0) is 6.42 Å². The molecule has 1 N–H and O–H groups in total. The maximum Gasteiger partial charge on any atom is 0.0326 e. The fourth-order valence-electron chi connectivity index (χ4n) is 2.45. The molecule has 0 aromatic heterocycles. The van der Waals surface area contributed by atoms with Crippen molar-refractivity contribution in [2.75, 3.05) is 6.54 Å². The van der Waals surface area contributed by atoms with Crippen molar-refractivity contribution in [3.8, 4) is 0 Å². The van der Waals surface area contributed by atoms with Gasteiger partial charge in [-0.2, -0.15) is 0 Å². The highest BCUT2D eigenvalue weighted by Crippen LogP contribution is 2.32. The van der Waals surface area contributed by atoms with Gasteiger partial charge in [-0.15, -0.1) is 0 Å². The molecule has 0 bridgehead atoms. The van der Waals surface area contributed by atoms with Gasteiger partial charge in [0.1, 0.15) is 0 Å². The highest BCUT2D eigenvalue weighted by atomic mass is 79.9. The minimum atomic E-state index is 0.597. The zero-order valence-corrected chi connectivity index (χ0v) is 11.5. The van der Waals surface area contributed by atoms with Crippen molar-refractivity contribution in [2.45, 2.75) is 45.1 Å². The van der Waals surface area contributed by atoms with E-state index in [-0.39, 0.29) is 0 Å². The summed E-state index contributed by atoms with van der Waals surface area (Å²) in [6, 6.07) is 7.29. The summed E-state index contributed by atoms with van der Waals surface area (Å²) in [5.74, 6) is 0. The van der Waals surface area contributed by atoms with Crippen molar-refractivity contribution in [3.63, 3.8) is 0 Å². The molecule has 0 radical (unpaired) electrons. The Morgan fingerprint density at radius 3 is 3.06 bits per heavy atom. The molecule has 1 aliphatic carbocycles. The number of nitrogens with one attached hydrogen (secondary N) is 1. The van der Waals surface area contributed by atoms with E-state index in [2.05, 4.69) is 46.4 Å². The van der Waals surface area contributed by atoms with Crippen LogP contribution in [0.5, 0.6) is 0 Å². The van der Waals surface area contributed by atoms with E-state index >= 15 is 0 Å². The number of unbranched alkanes of at least 4 members (excludes halogenated alkanes) is 2. The van der Waals surface area contributed by atoms with E-state index in [1.165, 1.54) is 47.7 Å². The Morgan fingerprint density at radius 1 is 1.38 bits per heavy atom. The van der Waals surface area contributed by atoms with Gasteiger partial charge in [0.25, 0.3) is 0 Å². The van der Waals surface area contributed by atoms with Gasteiger partial charge in [-0.25, -0.2) is 0 Å². The van der Waals surface area contributed by atoms with Gasteiger partial charge in [-0.05, 0) is 49.1 Å². The molecule has 2 rings (SSSR count). The van der Waals surface area contributed by atoms with Crippen LogP contribution in [0.2, 0.25) is 0 Å². The van der Waals surface area contributed by atoms with E-state index in [1.54, 1.807) is 0 Å². The summed E-state index contributed by atoms with van der Waals surface area (Å²) in [5.41, 5.74) is 3.03. The fraction of sp³-hybridized carbons (Fsp3) is 0.571. The molecular formula is C14H20BrN. The highest BCUT2D eigenvalue weighted by Gasteiger charge is 2.21. The molecule has 0 fully saturated rings. The number of hydrogen-bond donors (Lipinski definition) is 1. The topological polar surface area (TPSA) is 12.0 Å². The van der Waals surface area contributed by atoms with Crippen molar-refractivity contribution >= 4 is 15.9 Å². The number of fused-ring (bicyclic) bond motifs is 1. The molecule has 1 atom stereocenters. The summed E-state index contributed by atoms with van der Waals surface area (Å²) in [6.45, 7) is 3.41. The van der Waals surface area contributed by atoms with Crippen molar-refractivity contribution in [1.82, 2.24) is 5.32 Å². The van der Waals surface area contributed by atoms with E-state index in [4.69, 9.17) is 0 Å². The van der Waals surface area contributed by atoms with E-state index in [9.17, 15) is 0 Å². The third kappa shape index (κ3) is 2.86. The molecule has 1 nitrogen and oxygen atoms in total. The summed E-state index contributed by atoms with van der Waals surface area (Å²) in [6.07, 6.45) is 6.43. The standard InChI is InChI=1S/C14H20BrN/c1-2-3-4-9-16-14-8-5-11-10-12(15)6-7-13(11)14/h6-7,10,14,16H,2-5,8-9H2,1H3. The first kappa shape index (κ1) is 12.1. The zero-order valence-electron chi connectivity index (χ0n) is 9.93. The fourth-order valence-corrected chi connectivity index (χ4v) is 2.86. The van der Waals surface area contributed by atoms with Crippen LogP contribution in [-0.4, -0.2) is 6.54 Å². The van der Waals surface area contributed by atoms with Gasteiger partial charge < -0.3 is 5.32 Å². The molecule has 0 saturated heterocycles. The molecule has 0 spiro atoms. The Kier molecular flexibility index (Phi) is 4.42. The van der Waals surface area contributed by atoms with Gasteiger partial charge in [0.2, 0.25) is 0 Å². The minimum Gasteiger partial charge on any atom is -0.310 e. The first-order valence-corrected chi connectivity index (χ1v) is 7.12. The Labute approximate surface area is 107 Å². The average molecular weight is 282 g/mol. The molecule has 0 heterocycles. The summed E-state index contributed by atoms with van der Waals surface area (Å²) < 4.78 is 1.21. The van der Waals surface area contributed by atoms with Gasteiger partial charge in [0.15, 0.2) is 0 Å². The number of halogens is 1. The summed E-state index contributed by atoms with van der Waals surface area (Å²) in [5, 5.41) is 3.68. The van der Waals surface area contributed by atoms with E-state index in [1.807, 2.05) is 0 Å². The normalized spacial score (nSPS) is 18.8. The first-order chi connectivity index (χ1) is 7.81.